The number of thioether (sulfide) groups is 1. The molecule has 0 bridgehead atoms. The van der Waals surface area contributed by atoms with Crippen LogP contribution >= 0.6 is 11.8 Å². The van der Waals surface area contributed by atoms with Gasteiger partial charge >= 0.3 is 0 Å². The highest BCUT2D eigenvalue weighted by molar-refractivity contribution is 8.13. The first-order valence-electron chi connectivity index (χ1n) is 4.87. The second-order valence-electron chi connectivity index (χ2n) is 3.47. The van der Waals surface area contributed by atoms with Crippen LogP contribution in [0.2, 0.25) is 0 Å². The summed E-state index contributed by atoms with van der Waals surface area (Å²) < 4.78 is 0. The Morgan fingerprint density at radius 1 is 1.50 bits per heavy atom. The molecule has 1 aliphatic carbocycles. The summed E-state index contributed by atoms with van der Waals surface area (Å²) in [5.41, 5.74) is 0. The van der Waals surface area contributed by atoms with Gasteiger partial charge in [0.2, 0.25) is 0 Å². The van der Waals surface area contributed by atoms with Crippen molar-refractivity contribution < 1.29 is 0 Å². The van der Waals surface area contributed by atoms with Gasteiger partial charge in [0.25, 0.3) is 0 Å². The van der Waals surface area contributed by atoms with Gasteiger partial charge in [0.05, 0.1) is 12.1 Å². The Balaban J connectivity index is 1.94. The molecular formula is C9H16N2S. The summed E-state index contributed by atoms with van der Waals surface area (Å²) in [6.45, 7) is 2.18. The van der Waals surface area contributed by atoms with Gasteiger partial charge in [-0.15, -0.1) is 0 Å². The molecule has 1 N–H and O–H groups in total. The Hall–Kier alpha value is -0.180. The van der Waals surface area contributed by atoms with Crippen LogP contribution in [0.5, 0.6) is 0 Å². The smallest absolute Gasteiger partial charge is 0.157 e. The molecule has 12 heavy (non-hydrogen) atoms. The molecule has 1 heterocycles. The molecule has 0 aromatic carbocycles. The zero-order chi connectivity index (χ0) is 8.39. The average molecular weight is 184 g/mol. The summed E-state index contributed by atoms with van der Waals surface area (Å²) in [6, 6.07) is 1.28. The van der Waals surface area contributed by atoms with E-state index in [0.29, 0.717) is 12.1 Å². The fraction of sp³-hybridized carbons (Fsp3) is 0.889. The van der Waals surface area contributed by atoms with Gasteiger partial charge in [-0.05, 0) is 18.6 Å². The minimum absolute atomic E-state index is 0.604. The zero-order valence-corrected chi connectivity index (χ0v) is 8.36. The number of fused-ring (bicyclic) bond motifs is 1. The van der Waals surface area contributed by atoms with Crippen LogP contribution in [0, 0.1) is 0 Å². The maximum atomic E-state index is 4.67. The van der Waals surface area contributed by atoms with Crippen molar-refractivity contribution in [3.8, 4) is 0 Å². The lowest BCUT2D eigenvalue weighted by molar-refractivity contribution is 0.385. The molecule has 0 saturated heterocycles. The first-order valence-corrected chi connectivity index (χ1v) is 5.86. The Kier molecular flexibility index (Phi) is 2.59. The number of hydrogen-bond donors (Lipinski definition) is 1. The van der Waals surface area contributed by atoms with Gasteiger partial charge in [0.1, 0.15) is 0 Å². The molecule has 0 amide bonds. The van der Waals surface area contributed by atoms with Crippen molar-refractivity contribution in [3.05, 3.63) is 0 Å². The van der Waals surface area contributed by atoms with E-state index in [0.717, 1.165) is 5.75 Å². The molecule has 2 nitrogen and oxygen atoms in total. The van der Waals surface area contributed by atoms with Crippen molar-refractivity contribution in [2.45, 2.75) is 44.7 Å². The van der Waals surface area contributed by atoms with Gasteiger partial charge in [0, 0.05) is 0 Å². The molecule has 1 saturated carbocycles. The van der Waals surface area contributed by atoms with Gasteiger partial charge in [-0.1, -0.05) is 31.5 Å². The van der Waals surface area contributed by atoms with Crippen LogP contribution in [-0.2, 0) is 0 Å². The summed E-state index contributed by atoms with van der Waals surface area (Å²) >= 11 is 1.84. The quantitative estimate of drug-likeness (QED) is 0.674. The summed E-state index contributed by atoms with van der Waals surface area (Å²) in [5.74, 6) is 1.13. The van der Waals surface area contributed by atoms with Crippen LogP contribution in [0.3, 0.4) is 0 Å². The fourth-order valence-corrected chi connectivity index (χ4v) is 2.71. The number of nitrogens with one attached hydrogen (secondary N) is 1. The molecule has 2 atom stereocenters. The fourth-order valence-electron chi connectivity index (χ4n) is 2.00. The summed E-state index contributed by atoms with van der Waals surface area (Å²) in [6.07, 6.45) is 5.37. The first kappa shape index (κ1) is 8.42. The second kappa shape index (κ2) is 3.69. The summed E-state index contributed by atoms with van der Waals surface area (Å²) in [5, 5.41) is 4.70. The van der Waals surface area contributed by atoms with E-state index in [4.69, 9.17) is 0 Å². The third kappa shape index (κ3) is 1.60. The molecule has 2 rings (SSSR count). The van der Waals surface area contributed by atoms with Gasteiger partial charge in [0.15, 0.2) is 5.17 Å². The van der Waals surface area contributed by atoms with Gasteiger partial charge in [-0.3, -0.25) is 4.99 Å². The maximum Gasteiger partial charge on any atom is 0.157 e. The van der Waals surface area contributed by atoms with E-state index in [1.54, 1.807) is 0 Å². The molecule has 68 valence electrons. The van der Waals surface area contributed by atoms with Crippen molar-refractivity contribution in [1.82, 2.24) is 5.32 Å². The minimum atomic E-state index is 0.604. The van der Waals surface area contributed by atoms with E-state index in [-0.39, 0.29) is 0 Å². The van der Waals surface area contributed by atoms with Gasteiger partial charge in [-0.2, -0.15) is 0 Å². The number of hydrogen-bond acceptors (Lipinski definition) is 3. The normalized spacial score (nSPS) is 33.9. The van der Waals surface area contributed by atoms with E-state index in [1.807, 2.05) is 11.8 Å². The molecular weight excluding hydrogens is 168 g/mol. The van der Waals surface area contributed by atoms with Crippen LogP contribution in [-0.4, -0.2) is 23.0 Å². The molecule has 0 radical (unpaired) electrons. The number of amidine groups is 1. The highest BCUT2D eigenvalue weighted by Gasteiger charge is 2.30. The molecule has 0 aromatic heterocycles. The topological polar surface area (TPSA) is 24.4 Å². The Morgan fingerprint density at radius 2 is 2.33 bits per heavy atom. The van der Waals surface area contributed by atoms with E-state index >= 15 is 0 Å². The zero-order valence-electron chi connectivity index (χ0n) is 7.55. The summed E-state index contributed by atoms with van der Waals surface area (Å²) in [7, 11) is 0. The summed E-state index contributed by atoms with van der Waals surface area (Å²) in [4.78, 5) is 4.67. The predicted molar refractivity (Wildman–Crippen MR) is 54.7 cm³/mol. The maximum absolute atomic E-state index is 4.67. The standard InChI is InChI=1S/C9H16N2S/c1-2-12-9-10-7-5-3-4-6-8(7)11-9/h7-8H,2-6H2,1H3,(H,10,11). The number of aliphatic imine (C=N–C) groups is 1. The average Bonchev–Trinajstić information content (AvgIpc) is 2.47. The lowest BCUT2D eigenvalue weighted by atomic mass is 9.92. The van der Waals surface area contributed by atoms with E-state index in [2.05, 4.69) is 17.2 Å². The lowest BCUT2D eigenvalue weighted by Crippen LogP contribution is -2.36. The van der Waals surface area contributed by atoms with Gasteiger partial charge < -0.3 is 5.32 Å². The molecule has 1 aliphatic heterocycles. The molecule has 3 heteroatoms. The van der Waals surface area contributed by atoms with Crippen LogP contribution in [0.15, 0.2) is 4.99 Å². The van der Waals surface area contributed by atoms with E-state index in [1.165, 1.54) is 30.9 Å². The molecule has 0 spiro atoms. The van der Waals surface area contributed by atoms with Crippen molar-refractivity contribution in [2.75, 3.05) is 5.75 Å². The van der Waals surface area contributed by atoms with E-state index < -0.39 is 0 Å². The second-order valence-corrected chi connectivity index (χ2v) is 4.72. The monoisotopic (exact) mass is 184 g/mol. The number of nitrogens with zero attached hydrogens (tertiary/aromatic N) is 1. The van der Waals surface area contributed by atoms with Crippen molar-refractivity contribution in [3.63, 3.8) is 0 Å². The third-order valence-corrected chi connectivity index (χ3v) is 3.39. The van der Waals surface area contributed by atoms with Crippen LogP contribution in [0.4, 0.5) is 0 Å². The highest BCUT2D eigenvalue weighted by Crippen LogP contribution is 2.26. The van der Waals surface area contributed by atoms with E-state index in [9.17, 15) is 0 Å². The third-order valence-electron chi connectivity index (χ3n) is 2.60. The molecule has 1 fully saturated rings. The van der Waals surface area contributed by atoms with Crippen LogP contribution in [0.25, 0.3) is 0 Å². The lowest BCUT2D eigenvalue weighted by Gasteiger charge is -2.22. The van der Waals surface area contributed by atoms with Gasteiger partial charge in [-0.25, -0.2) is 0 Å². The molecule has 2 aliphatic rings. The predicted octanol–water partition coefficient (Wildman–Crippen LogP) is 2.01. The number of rotatable bonds is 1. The Morgan fingerprint density at radius 3 is 3.08 bits per heavy atom. The Labute approximate surface area is 78.2 Å². The minimum Gasteiger partial charge on any atom is -0.360 e. The SMILES string of the molecule is CCSC1=NC2CCCCC2N1. The van der Waals surface area contributed by atoms with Crippen molar-refractivity contribution in [2.24, 2.45) is 4.99 Å². The van der Waals surface area contributed by atoms with Crippen molar-refractivity contribution in [1.29, 1.82) is 0 Å². The highest BCUT2D eigenvalue weighted by atomic mass is 32.2. The largest absolute Gasteiger partial charge is 0.360 e. The van der Waals surface area contributed by atoms with Crippen LogP contribution < -0.4 is 5.32 Å². The van der Waals surface area contributed by atoms with Crippen molar-refractivity contribution >= 4 is 16.9 Å². The Bertz CT molecular complexity index is 191. The van der Waals surface area contributed by atoms with Crippen LogP contribution in [0.1, 0.15) is 32.6 Å². The molecule has 2 unspecified atom stereocenters. The first-order chi connectivity index (χ1) is 5.90. The molecule has 0 aromatic rings.